The fourth-order valence-corrected chi connectivity index (χ4v) is 8.36. The minimum Gasteiger partial charge on any atom is -0.486 e. The fraction of sp³-hybridized carbons (Fsp3) is 0.483. The highest BCUT2D eigenvalue weighted by Gasteiger charge is 2.55. The van der Waals surface area contributed by atoms with Gasteiger partial charge in [0.25, 0.3) is 0 Å². The van der Waals surface area contributed by atoms with Crippen LogP contribution in [-0.2, 0) is 17.9 Å². The first-order chi connectivity index (χ1) is 17.5. The Balaban J connectivity index is 1.22. The van der Waals surface area contributed by atoms with Gasteiger partial charge in [0.05, 0.1) is 11.8 Å². The van der Waals surface area contributed by atoms with Gasteiger partial charge in [-0.15, -0.1) is 10.2 Å². The van der Waals surface area contributed by atoms with E-state index in [-0.39, 0.29) is 10.7 Å². The lowest BCUT2D eigenvalue weighted by Crippen LogP contribution is -2.51. The van der Waals surface area contributed by atoms with E-state index in [2.05, 4.69) is 33.8 Å². The predicted octanol–water partition coefficient (Wildman–Crippen LogP) is 6.82. The Labute approximate surface area is 222 Å². The van der Waals surface area contributed by atoms with Crippen LogP contribution in [0.3, 0.4) is 0 Å². The summed E-state index contributed by atoms with van der Waals surface area (Å²) >= 11 is 7.57. The number of carbonyl (C=O) groups is 1. The van der Waals surface area contributed by atoms with Crippen molar-refractivity contribution in [2.24, 2.45) is 23.2 Å². The lowest BCUT2D eigenvalue weighted by atomic mass is 9.48. The number of hydrogen-bond acceptors (Lipinski definition) is 5. The molecule has 4 aliphatic carbocycles. The molecular formula is C29H32ClN3O2S. The summed E-state index contributed by atoms with van der Waals surface area (Å²) in [6.07, 6.45) is 7.32. The molecule has 36 heavy (non-hydrogen) atoms. The molecule has 0 radical (unpaired) electrons. The number of Topliss-reactive ketones (excluding diaryl/α,β-unsaturated/α-hetero) is 1. The van der Waals surface area contributed by atoms with Crippen molar-refractivity contribution in [3.05, 3.63) is 71.0 Å². The molecule has 2 aromatic carbocycles. The number of ether oxygens (including phenoxy) is 1. The lowest BCUT2D eigenvalue weighted by molar-refractivity contribution is -0.143. The zero-order valence-electron chi connectivity index (χ0n) is 20.6. The second-order valence-electron chi connectivity index (χ2n) is 11.0. The molecular weight excluding hydrogens is 490 g/mol. The van der Waals surface area contributed by atoms with E-state index in [1.54, 1.807) is 11.8 Å². The molecule has 1 heterocycles. The van der Waals surface area contributed by atoms with E-state index >= 15 is 0 Å². The Morgan fingerprint density at radius 1 is 1.03 bits per heavy atom. The minimum absolute atomic E-state index is 0.105. The summed E-state index contributed by atoms with van der Waals surface area (Å²) in [5.74, 6) is 4.18. The third-order valence-electron chi connectivity index (χ3n) is 8.37. The lowest BCUT2D eigenvalue weighted by Gasteiger charge is -2.56. The normalized spacial score (nSPS) is 27.2. The molecule has 0 spiro atoms. The van der Waals surface area contributed by atoms with Gasteiger partial charge in [0.2, 0.25) is 0 Å². The molecule has 0 amide bonds. The maximum Gasteiger partial charge on any atom is 0.192 e. The maximum absolute atomic E-state index is 13.9. The summed E-state index contributed by atoms with van der Waals surface area (Å²) in [7, 11) is 0. The summed E-state index contributed by atoms with van der Waals surface area (Å²) in [6, 6.07) is 17.6. The van der Waals surface area contributed by atoms with Crippen molar-refractivity contribution in [2.75, 3.05) is 0 Å². The molecule has 188 valence electrons. The Bertz CT molecular complexity index is 1190. The first-order valence-corrected chi connectivity index (χ1v) is 14.3. The molecule has 4 saturated carbocycles. The number of hydrogen-bond donors (Lipinski definition) is 0. The van der Waals surface area contributed by atoms with Gasteiger partial charge in [0.15, 0.2) is 16.8 Å². The van der Waals surface area contributed by atoms with Crippen LogP contribution in [-0.4, -0.2) is 25.8 Å². The number of nitrogens with zero attached hydrogens (tertiary/aromatic N) is 3. The molecule has 0 N–H and O–H groups in total. The number of benzene rings is 2. The van der Waals surface area contributed by atoms with Gasteiger partial charge in [-0.1, -0.05) is 53.7 Å². The van der Waals surface area contributed by atoms with Crippen molar-refractivity contribution >= 4 is 29.1 Å². The molecule has 3 aromatic rings. The third kappa shape index (κ3) is 4.82. The van der Waals surface area contributed by atoms with E-state index in [0.717, 1.165) is 59.3 Å². The standard InChI is InChI=1S/C29H32ClN3O2S/c1-19(27(34)29-14-21-11-22(15-29)13-23(12-21)16-29)36-28-32-31-26(18-35-25-9-7-24(30)8-10-25)33(28)17-20-5-3-2-4-6-20/h2-10,19,21-23H,11-18H2,1H3/t19-,21?,22?,23?,29?/m1/s1. The van der Waals surface area contributed by atoms with Crippen molar-refractivity contribution in [1.82, 2.24) is 14.8 Å². The maximum atomic E-state index is 13.9. The monoisotopic (exact) mass is 521 g/mol. The van der Waals surface area contributed by atoms with Gasteiger partial charge >= 0.3 is 0 Å². The zero-order chi connectivity index (χ0) is 24.7. The van der Waals surface area contributed by atoms with Crippen LogP contribution in [0.1, 0.15) is 56.8 Å². The molecule has 0 saturated heterocycles. The van der Waals surface area contributed by atoms with Crippen molar-refractivity contribution in [2.45, 2.75) is 69.0 Å². The zero-order valence-corrected chi connectivity index (χ0v) is 22.2. The first kappa shape index (κ1) is 24.1. The summed E-state index contributed by atoms with van der Waals surface area (Å²) in [4.78, 5) is 13.9. The van der Waals surface area contributed by atoms with Crippen LogP contribution in [0.15, 0.2) is 59.8 Å². The molecule has 0 unspecified atom stereocenters. The molecule has 7 heteroatoms. The van der Waals surface area contributed by atoms with Crippen LogP contribution in [0.2, 0.25) is 5.02 Å². The van der Waals surface area contributed by atoms with Gasteiger partial charge in [-0.3, -0.25) is 9.36 Å². The summed E-state index contributed by atoms with van der Waals surface area (Å²) < 4.78 is 8.09. The number of ketones is 1. The molecule has 4 aliphatic rings. The van der Waals surface area contributed by atoms with E-state index in [9.17, 15) is 4.79 Å². The number of aromatic nitrogens is 3. The molecule has 0 aliphatic heterocycles. The number of rotatable bonds is 9. The van der Waals surface area contributed by atoms with Gasteiger partial charge in [-0.2, -0.15) is 0 Å². The molecule has 1 aromatic heterocycles. The summed E-state index contributed by atoms with van der Waals surface area (Å²) in [6.45, 7) is 2.99. The van der Waals surface area contributed by atoms with Gasteiger partial charge in [-0.05, 0) is 93.0 Å². The fourth-order valence-electron chi connectivity index (χ4n) is 7.17. The van der Waals surface area contributed by atoms with E-state index in [1.165, 1.54) is 19.3 Å². The number of halogens is 1. The second kappa shape index (κ2) is 9.86. The van der Waals surface area contributed by atoms with E-state index in [0.29, 0.717) is 24.0 Å². The summed E-state index contributed by atoms with van der Waals surface area (Å²) in [5, 5.41) is 10.3. The van der Waals surface area contributed by atoms with Crippen LogP contribution in [0.5, 0.6) is 5.75 Å². The number of thioether (sulfide) groups is 1. The molecule has 1 atom stereocenters. The average Bonchev–Trinajstić information content (AvgIpc) is 3.23. The van der Waals surface area contributed by atoms with Gasteiger partial charge in [0, 0.05) is 10.4 Å². The van der Waals surface area contributed by atoms with E-state index in [1.807, 2.05) is 42.5 Å². The van der Waals surface area contributed by atoms with Crippen molar-refractivity contribution in [3.63, 3.8) is 0 Å². The van der Waals surface area contributed by atoms with Crippen molar-refractivity contribution in [3.8, 4) is 5.75 Å². The van der Waals surface area contributed by atoms with Crippen LogP contribution < -0.4 is 4.74 Å². The van der Waals surface area contributed by atoms with Gasteiger partial charge in [0.1, 0.15) is 12.4 Å². The highest BCUT2D eigenvalue weighted by Crippen LogP contribution is 2.61. The van der Waals surface area contributed by atoms with Crippen LogP contribution in [0, 0.1) is 23.2 Å². The Morgan fingerprint density at radius 3 is 2.31 bits per heavy atom. The van der Waals surface area contributed by atoms with Crippen LogP contribution in [0.4, 0.5) is 0 Å². The van der Waals surface area contributed by atoms with Crippen molar-refractivity contribution < 1.29 is 9.53 Å². The number of carbonyl (C=O) groups excluding carboxylic acids is 1. The molecule has 5 nitrogen and oxygen atoms in total. The largest absolute Gasteiger partial charge is 0.486 e. The highest BCUT2D eigenvalue weighted by molar-refractivity contribution is 8.00. The van der Waals surface area contributed by atoms with Crippen molar-refractivity contribution in [1.29, 1.82) is 0 Å². The third-order valence-corrected chi connectivity index (χ3v) is 9.70. The topological polar surface area (TPSA) is 57.0 Å². The average molecular weight is 522 g/mol. The van der Waals surface area contributed by atoms with Gasteiger partial charge < -0.3 is 4.74 Å². The summed E-state index contributed by atoms with van der Waals surface area (Å²) in [5.41, 5.74) is 1.05. The Kier molecular flexibility index (Phi) is 6.59. The van der Waals surface area contributed by atoms with Crippen LogP contribution in [0.25, 0.3) is 0 Å². The minimum atomic E-state index is -0.148. The van der Waals surface area contributed by atoms with E-state index in [4.69, 9.17) is 16.3 Å². The van der Waals surface area contributed by atoms with E-state index < -0.39 is 0 Å². The Hall–Kier alpha value is -2.31. The van der Waals surface area contributed by atoms with Gasteiger partial charge in [-0.25, -0.2) is 0 Å². The quantitative estimate of drug-likeness (QED) is 0.289. The predicted molar refractivity (Wildman–Crippen MR) is 142 cm³/mol. The second-order valence-corrected chi connectivity index (χ2v) is 12.8. The molecule has 4 fully saturated rings. The Morgan fingerprint density at radius 2 is 1.67 bits per heavy atom. The van der Waals surface area contributed by atoms with Crippen LogP contribution >= 0.6 is 23.4 Å². The molecule has 7 rings (SSSR count). The highest BCUT2D eigenvalue weighted by atomic mass is 35.5. The first-order valence-electron chi connectivity index (χ1n) is 13.0. The molecule has 4 bridgehead atoms. The SMILES string of the molecule is C[C@@H](Sc1nnc(COc2ccc(Cl)cc2)n1Cc1ccccc1)C(=O)C12CC3CC(CC(C3)C1)C2. The smallest absolute Gasteiger partial charge is 0.192 e.